The normalized spacial score (nSPS) is 24.3. The van der Waals surface area contributed by atoms with Crippen molar-refractivity contribution < 1.29 is 9.90 Å². The zero-order valence-corrected chi connectivity index (χ0v) is 15.6. The van der Waals surface area contributed by atoms with E-state index in [0.29, 0.717) is 6.04 Å². The van der Waals surface area contributed by atoms with Gasteiger partial charge in [0.1, 0.15) is 0 Å². The van der Waals surface area contributed by atoms with Gasteiger partial charge in [-0.25, -0.2) is 0 Å². The minimum Gasteiger partial charge on any atom is -0.391 e. The van der Waals surface area contributed by atoms with Crippen LogP contribution in [0.2, 0.25) is 0 Å². The Bertz CT molecular complexity index is 745. The smallest absolute Gasteiger partial charge is 0.253 e. The summed E-state index contributed by atoms with van der Waals surface area (Å²) in [6, 6.07) is 14.0. The molecule has 5 nitrogen and oxygen atoms in total. The van der Waals surface area contributed by atoms with Crippen LogP contribution in [0.3, 0.4) is 0 Å². The monoisotopic (exact) mass is 365 g/mol. The molecule has 2 saturated heterocycles. The standard InChI is InChI=1S/C22H27N3O2/c26-21-16-25(15-19(21)14-17-6-10-23-11-7-17)20-8-12-24(13-9-20)22(27)18-4-2-1-3-5-18/h1-7,10-11,19-21,26H,8-9,12-16H2/t19-,21-/m1/s1. The van der Waals surface area contributed by atoms with Crippen LogP contribution in [0.5, 0.6) is 0 Å². The number of aromatic nitrogens is 1. The number of β-amino-alcohol motifs (C(OH)–C–C–N with tert-alkyl or cyclic N) is 1. The number of hydrogen-bond donors (Lipinski definition) is 1. The molecule has 3 heterocycles. The van der Waals surface area contributed by atoms with Crippen LogP contribution in [0.25, 0.3) is 0 Å². The van der Waals surface area contributed by atoms with Crippen LogP contribution in [0, 0.1) is 5.92 Å². The Morgan fingerprint density at radius 1 is 1.04 bits per heavy atom. The number of amides is 1. The molecule has 4 rings (SSSR count). The van der Waals surface area contributed by atoms with Gasteiger partial charge in [-0.3, -0.25) is 14.7 Å². The first-order valence-corrected chi connectivity index (χ1v) is 9.86. The van der Waals surface area contributed by atoms with Crippen LogP contribution in [0.1, 0.15) is 28.8 Å². The first-order chi connectivity index (χ1) is 13.2. The van der Waals surface area contributed by atoms with E-state index in [1.165, 1.54) is 5.56 Å². The predicted octanol–water partition coefficient (Wildman–Crippen LogP) is 2.22. The van der Waals surface area contributed by atoms with Crippen molar-refractivity contribution in [3.8, 4) is 0 Å². The third-order valence-corrected chi connectivity index (χ3v) is 5.97. The summed E-state index contributed by atoms with van der Waals surface area (Å²) in [5.41, 5.74) is 2.00. The first-order valence-electron chi connectivity index (χ1n) is 9.86. The summed E-state index contributed by atoms with van der Waals surface area (Å²) < 4.78 is 0. The van der Waals surface area contributed by atoms with Crippen molar-refractivity contribution >= 4 is 5.91 Å². The molecule has 2 fully saturated rings. The third-order valence-electron chi connectivity index (χ3n) is 5.97. The Kier molecular flexibility index (Phi) is 5.50. The van der Waals surface area contributed by atoms with Gasteiger partial charge in [-0.1, -0.05) is 18.2 Å². The summed E-state index contributed by atoms with van der Waals surface area (Å²) in [4.78, 5) is 21.1. The topological polar surface area (TPSA) is 56.7 Å². The second-order valence-electron chi connectivity index (χ2n) is 7.73. The van der Waals surface area contributed by atoms with Gasteiger partial charge in [-0.05, 0) is 49.1 Å². The van der Waals surface area contributed by atoms with Crippen molar-refractivity contribution in [3.05, 3.63) is 66.0 Å². The molecule has 142 valence electrons. The molecule has 2 aromatic rings. The quantitative estimate of drug-likeness (QED) is 0.903. The average molecular weight is 365 g/mol. The molecule has 2 atom stereocenters. The molecule has 0 unspecified atom stereocenters. The van der Waals surface area contributed by atoms with Gasteiger partial charge >= 0.3 is 0 Å². The summed E-state index contributed by atoms with van der Waals surface area (Å²) in [6.45, 7) is 3.26. The number of benzene rings is 1. The number of rotatable bonds is 4. The largest absolute Gasteiger partial charge is 0.391 e. The number of likely N-dealkylation sites (tertiary alicyclic amines) is 2. The number of aliphatic hydroxyl groups excluding tert-OH is 1. The zero-order chi connectivity index (χ0) is 18.6. The van der Waals surface area contributed by atoms with E-state index in [1.54, 1.807) is 0 Å². The highest BCUT2D eigenvalue weighted by atomic mass is 16.3. The number of aliphatic hydroxyl groups is 1. The molecule has 1 aromatic carbocycles. The van der Waals surface area contributed by atoms with E-state index in [1.807, 2.05) is 59.8 Å². The molecule has 27 heavy (non-hydrogen) atoms. The molecule has 2 aliphatic rings. The predicted molar refractivity (Wildman–Crippen MR) is 104 cm³/mol. The van der Waals surface area contributed by atoms with Crippen molar-refractivity contribution in [2.24, 2.45) is 5.92 Å². The SMILES string of the molecule is O=C(c1ccccc1)N1CCC(N2C[C@@H](Cc3ccncc3)[C@H](O)C2)CC1. The lowest BCUT2D eigenvalue weighted by atomic mass is 9.97. The number of carbonyl (C=O) groups is 1. The maximum atomic E-state index is 12.6. The van der Waals surface area contributed by atoms with Gasteiger partial charge in [0.2, 0.25) is 0 Å². The minimum absolute atomic E-state index is 0.131. The van der Waals surface area contributed by atoms with E-state index < -0.39 is 0 Å². The highest BCUT2D eigenvalue weighted by molar-refractivity contribution is 5.94. The molecular weight excluding hydrogens is 338 g/mol. The summed E-state index contributed by atoms with van der Waals surface area (Å²) in [6.07, 6.45) is 6.20. The Labute approximate surface area is 160 Å². The molecule has 1 aromatic heterocycles. The lowest BCUT2D eigenvalue weighted by Crippen LogP contribution is -2.46. The number of piperidine rings is 1. The van der Waals surface area contributed by atoms with Crippen LogP contribution in [0.4, 0.5) is 0 Å². The fourth-order valence-electron chi connectivity index (χ4n) is 4.40. The summed E-state index contributed by atoms with van der Waals surface area (Å²) in [7, 11) is 0. The van der Waals surface area contributed by atoms with Crippen LogP contribution >= 0.6 is 0 Å². The van der Waals surface area contributed by atoms with E-state index >= 15 is 0 Å². The van der Waals surface area contributed by atoms with E-state index in [2.05, 4.69) is 9.88 Å². The Morgan fingerprint density at radius 3 is 2.44 bits per heavy atom. The second kappa shape index (κ2) is 8.19. The maximum absolute atomic E-state index is 12.6. The van der Waals surface area contributed by atoms with Gasteiger partial charge in [0.25, 0.3) is 5.91 Å². The van der Waals surface area contributed by atoms with Gasteiger partial charge in [-0.2, -0.15) is 0 Å². The van der Waals surface area contributed by atoms with Gasteiger partial charge in [0.05, 0.1) is 6.10 Å². The van der Waals surface area contributed by atoms with Gasteiger partial charge < -0.3 is 10.0 Å². The van der Waals surface area contributed by atoms with Gasteiger partial charge in [0, 0.05) is 56.1 Å². The molecule has 5 heteroatoms. The average Bonchev–Trinajstić information content (AvgIpc) is 3.09. The van der Waals surface area contributed by atoms with E-state index in [-0.39, 0.29) is 17.9 Å². The third kappa shape index (κ3) is 4.20. The minimum atomic E-state index is -0.276. The van der Waals surface area contributed by atoms with Crippen molar-refractivity contribution in [2.75, 3.05) is 26.2 Å². The molecule has 0 saturated carbocycles. The van der Waals surface area contributed by atoms with E-state index in [0.717, 1.165) is 51.0 Å². The van der Waals surface area contributed by atoms with Crippen LogP contribution in [-0.4, -0.2) is 64.1 Å². The maximum Gasteiger partial charge on any atom is 0.253 e. The Balaban J connectivity index is 1.30. The van der Waals surface area contributed by atoms with E-state index in [9.17, 15) is 9.90 Å². The zero-order valence-electron chi connectivity index (χ0n) is 15.6. The van der Waals surface area contributed by atoms with Crippen molar-refractivity contribution in [3.63, 3.8) is 0 Å². The van der Waals surface area contributed by atoms with Crippen molar-refractivity contribution in [2.45, 2.75) is 31.4 Å². The molecule has 0 spiro atoms. The van der Waals surface area contributed by atoms with Crippen LogP contribution < -0.4 is 0 Å². The molecule has 0 radical (unpaired) electrons. The molecule has 0 aliphatic carbocycles. The van der Waals surface area contributed by atoms with Crippen LogP contribution in [-0.2, 0) is 6.42 Å². The molecular formula is C22H27N3O2. The van der Waals surface area contributed by atoms with Crippen LogP contribution in [0.15, 0.2) is 54.9 Å². The van der Waals surface area contributed by atoms with Gasteiger partial charge in [-0.15, -0.1) is 0 Å². The Hall–Kier alpha value is -2.24. The number of carbonyl (C=O) groups excluding carboxylic acids is 1. The molecule has 2 aliphatic heterocycles. The van der Waals surface area contributed by atoms with Crippen molar-refractivity contribution in [1.29, 1.82) is 0 Å². The lowest BCUT2D eigenvalue weighted by Gasteiger charge is -2.36. The van der Waals surface area contributed by atoms with E-state index in [4.69, 9.17) is 0 Å². The molecule has 1 N–H and O–H groups in total. The molecule has 1 amide bonds. The second-order valence-corrected chi connectivity index (χ2v) is 7.73. The van der Waals surface area contributed by atoms with Crippen molar-refractivity contribution in [1.82, 2.24) is 14.8 Å². The highest BCUT2D eigenvalue weighted by Crippen LogP contribution is 2.27. The fraction of sp³-hybridized carbons (Fsp3) is 0.455. The number of nitrogens with zero attached hydrogens (tertiary/aromatic N) is 3. The number of hydrogen-bond acceptors (Lipinski definition) is 4. The summed E-state index contributed by atoms with van der Waals surface area (Å²) >= 11 is 0. The number of pyridine rings is 1. The first kappa shape index (κ1) is 18.1. The summed E-state index contributed by atoms with van der Waals surface area (Å²) in [5.74, 6) is 0.405. The van der Waals surface area contributed by atoms with Gasteiger partial charge in [0.15, 0.2) is 0 Å². The Morgan fingerprint density at radius 2 is 1.74 bits per heavy atom. The molecule has 0 bridgehead atoms. The summed E-state index contributed by atoms with van der Waals surface area (Å²) in [5, 5.41) is 10.5. The fourth-order valence-corrected chi connectivity index (χ4v) is 4.40. The lowest BCUT2D eigenvalue weighted by molar-refractivity contribution is 0.0627. The highest BCUT2D eigenvalue weighted by Gasteiger charge is 2.36.